The molecule has 0 saturated carbocycles. The maximum absolute atomic E-state index is 10.4. The SMILES string of the molecule is N[C@@H](Cc1ccccc1)C(=O)O.O=C(O)C(Cl)Oc1ccccc1. The highest BCUT2D eigenvalue weighted by Crippen LogP contribution is 2.12. The van der Waals surface area contributed by atoms with Crippen LogP contribution in [0.25, 0.3) is 0 Å². The first kappa shape index (κ1) is 19.5. The van der Waals surface area contributed by atoms with Gasteiger partial charge in [0.1, 0.15) is 11.8 Å². The number of carbonyl (C=O) groups is 2. The highest BCUT2D eigenvalue weighted by molar-refractivity contribution is 6.28. The molecule has 0 saturated heterocycles. The van der Waals surface area contributed by atoms with Gasteiger partial charge in [0, 0.05) is 0 Å². The molecule has 2 rings (SSSR count). The van der Waals surface area contributed by atoms with E-state index in [2.05, 4.69) is 0 Å². The van der Waals surface area contributed by atoms with E-state index in [4.69, 9.17) is 32.3 Å². The second-order valence-electron chi connectivity index (χ2n) is 4.72. The third-order valence-corrected chi connectivity index (χ3v) is 3.07. The largest absolute Gasteiger partial charge is 0.480 e. The number of ether oxygens (including phenoxy) is 1. The van der Waals surface area contributed by atoms with Crippen LogP contribution in [0.3, 0.4) is 0 Å². The molecule has 1 unspecified atom stereocenters. The molecule has 0 amide bonds. The van der Waals surface area contributed by atoms with E-state index >= 15 is 0 Å². The van der Waals surface area contributed by atoms with Gasteiger partial charge in [0.15, 0.2) is 0 Å². The van der Waals surface area contributed by atoms with Crippen molar-refractivity contribution in [2.75, 3.05) is 0 Å². The number of halogens is 1. The van der Waals surface area contributed by atoms with Gasteiger partial charge in [-0.2, -0.15) is 0 Å². The molecule has 0 heterocycles. The molecule has 0 fully saturated rings. The summed E-state index contributed by atoms with van der Waals surface area (Å²) in [5.41, 5.74) is 4.97. The van der Waals surface area contributed by atoms with Crippen LogP contribution in [0, 0.1) is 0 Å². The average Bonchev–Trinajstić information content (AvgIpc) is 2.57. The van der Waals surface area contributed by atoms with Crippen LogP contribution in [0.4, 0.5) is 0 Å². The smallest absolute Gasteiger partial charge is 0.360 e. The van der Waals surface area contributed by atoms with Crippen molar-refractivity contribution in [1.29, 1.82) is 0 Å². The number of carboxylic acid groups (broad SMARTS) is 2. The molecule has 2 aromatic rings. The lowest BCUT2D eigenvalue weighted by Crippen LogP contribution is -2.32. The Morgan fingerprint density at radius 1 is 0.958 bits per heavy atom. The van der Waals surface area contributed by atoms with Gasteiger partial charge < -0.3 is 20.7 Å². The predicted octanol–water partition coefficient (Wildman–Crippen LogP) is 2.36. The summed E-state index contributed by atoms with van der Waals surface area (Å²) in [5, 5.41) is 16.9. The minimum absolute atomic E-state index is 0.385. The summed E-state index contributed by atoms with van der Waals surface area (Å²) in [6.45, 7) is 0. The van der Waals surface area contributed by atoms with Crippen molar-refractivity contribution in [1.82, 2.24) is 0 Å². The fourth-order valence-corrected chi connectivity index (χ4v) is 1.73. The van der Waals surface area contributed by atoms with Gasteiger partial charge in [-0.15, -0.1) is 0 Å². The minimum atomic E-state index is -1.33. The predicted molar refractivity (Wildman–Crippen MR) is 90.1 cm³/mol. The number of nitrogens with two attached hydrogens (primary N) is 1. The van der Waals surface area contributed by atoms with Gasteiger partial charge in [0.05, 0.1) is 0 Å². The van der Waals surface area contributed by atoms with E-state index in [0.717, 1.165) is 5.56 Å². The Bertz CT molecular complexity index is 578. The van der Waals surface area contributed by atoms with Crippen LogP contribution in [-0.4, -0.2) is 33.8 Å². The first-order chi connectivity index (χ1) is 11.4. The molecule has 0 aliphatic rings. The Balaban J connectivity index is 0.000000240. The fraction of sp³-hybridized carbons (Fsp3) is 0.176. The normalized spacial score (nSPS) is 12.2. The van der Waals surface area contributed by atoms with E-state index in [1.807, 2.05) is 30.3 Å². The van der Waals surface area contributed by atoms with E-state index in [1.165, 1.54) is 0 Å². The number of para-hydroxylation sites is 1. The van der Waals surface area contributed by atoms with Gasteiger partial charge in [-0.05, 0) is 24.1 Å². The van der Waals surface area contributed by atoms with Crippen molar-refractivity contribution < 1.29 is 24.5 Å². The number of hydrogen-bond donors (Lipinski definition) is 3. The van der Waals surface area contributed by atoms with Crippen LogP contribution < -0.4 is 10.5 Å². The molecule has 0 aromatic heterocycles. The monoisotopic (exact) mass is 351 g/mol. The summed E-state index contributed by atoms with van der Waals surface area (Å²) in [7, 11) is 0. The van der Waals surface area contributed by atoms with Crippen LogP contribution in [0.1, 0.15) is 5.56 Å². The average molecular weight is 352 g/mol. The van der Waals surface area contributed by atoms with E-state index in [0.29, 0.717) is 12.2 Å². The van der Waals surface area contributed by atoms with Crippen molar-refractivity contribution in [3.8, 4) is 5.75 Å². The quantitative estimate of drug-likeness (QED) is 0.689. The van der Waals surface area contributed by atoms with Crippen LogP contribution in [0.2, 0.25) is 0 Å². The zero-order valence-electron chi connectivity index (χ0n) is 12.7. The Labute approximate surface area is 144 Å². The lowest BCUT2D eigenvalue weighted by molar-refractivity contribution is -0.141. The van der Waals surface area contributed by atoms with E-state index in [9.17, 15) is 9.59 Å². The highest BCUT2D eigenvalue weighted by Gasteiger charge is 2.14. The van der Waals surface area contributed by atoms with Gasteiger partial charge in [-0.3, -0.25) is 4.79 Å². The number of aliphatic carboxylic acids is 2. The first-order valence-electron chi connectivity index (χ1n) is 7.01. The number of carboxylic acids is 2. The van der Waals surface area contributed by atoms with Crippen molar-refractivity contribution in [2.45, 2.75) is 18.0 Å². The second-order valence-corrected chi connectivity index (χ2v) is 5.12. The molecule has 6 nitrogen and oxygen atoms in total. The molecule has 128 valence electrons. The molecule has 0 spiro atoms. The molecule has 0 aliphatic carbocycles. The molecule has 0 bridgehead atoms. The Hall–Kier alpha value is -2.57. The van der Waals surface area contributed by atoms with Gasteiger partial charge in [0.2, 0.25) is 0 Å². The fourth-order valence-electron chi connectivity index (χ4n) is 1.62. The van der Waals surface area contributed by atoms with Crippen LogP contribution in [0.5, 0.6) is 5.75 Å². The molecule has 0 aliphatic heterocycles. The molecule has 4 N–H and O–H groups in total. The van der Waals surface area contributed by atoms with Crippen LogP contribution >= 0.6 is 11.6 Å². The topological polar surface area (TPSA) is 110 Å². The summed E-state index contributed by atoms with van der Waals surface area (Å²) in [4.78, 5) is 20.6. The second kappa shape index (κ2) is 10.3. The van der Waals surface area contributed by atoms with Crippen molar-refractivity contribution >= 4 is 23.5 Å². The lowest BCUT2D eigenvalue weighted by Gasteiger charge is -2.06. The standard InChI is InChI=1S/C9H11NO2.C8H7ClO3/c10-8(9(11)12)6-7-4-2-1-3-5-7;9-7(8(10)11)12-6-4-2-1-3-5-6/h1-5,8H,6,10H2,(H,11,12);1-5,7H,(H,10,11)/t8-;/m0./s1. The minimum Gasteiger partial charge on any atom is -0.480 e. The van der Waals surface area contributed by atoms with Gasteiger partial charge in [0.25, 0.3) is 5.56 Å². The summed E-state index contributed by atoms with van der Waals surface area (Å²) < 4.78 is 4.84. The molecule has 2 aromatic carbocycles. The third kappa shape index (κ3) is 7.62. The van der Waals surface area contributed by atoms with E-state index < -0.39 is 23.5 Å². The summed E-state index contributed by atoms with van der Waals surface area (Å²) in [6.07, 6.45) is 0.385. The van der Waals surface area contributed by atoms with Crippen molar-refractivity contribution in [2.24, 2.45) is 5.73 Å². The summed E-state index contributed by atoms with van der Waals surface area (Å²) >= 11 is 5.33. The number of rotatable bonds is 6. The maximum atomic E-state index is 10.4. The number of hydrogen-bond acceptors (Lipinski definition) is 4. The van der Waals surface area contributed by atoms with Gasteiger partial charge in [-0.25, -0.2) is 4.79 Å². The van der Waals surface area contributed by atoms with Gasteiger partial charge in [-0.1, -0.05) is 60.1 Å². The lowest BCUT2D eigenvalue weighted by atomic mass is 10.1. The van der Waals surface area contributed by atoms with E-state index in [1.54, 1.807) is 30.3 Å². The first-order valence-corrected chi connectivity index (χ1v) is 7.44. The number of benzene rings is 2. The zero-order chi connectivity index (χ0) is 17.9. The summed E-state index contributed by atoms with van der Waals surface area (Å²) in [5.74, 6) is -1.71. The molecule has 2 atom stereocenters. The Morgan fingerprint density at radius 3 is 1.92 bits per heavy atom. The molecule has 7 heteroatoms. The Morgan fingerprint density at radius 2 is 1.46 bits per heavy atom. The molecular weight excluding hydrogens is 334 g/mol. The van der Waals surface area contributed by atoms with Crippen LogP contribution in [-0.2, 0) is 16.0 Å². The zero-order valence-corrected chi connectivity index (χ0v) is 13.5. The highest BCUT2D eigenvalue weighted by atomic mass is 35.5. The summed E-state index contributed by atoms with van der Waals surface area (Å²) in [6, 6.07) is 17.1. The molecule has 24 heavy (non-hydrogen) atoms. The molecular formula is C17H18ClNO5. The Kier molecular flexibility index (Phi) is 8.32. The van der Waals surface area contributed by atoms with Gasteiger partial charge >= 0.3 is 11.9 Å². The molecule has 0 radical (unpaired) electrons. The van der Waals surface area contributed by atoms with Crippen molar-refractivity contribution in [3.63, 3.8) is 0 Å². The van der Waals surface area contributed by atoms with Crippen LogP contribution in [0.15, 0.2) is 60.7 Å². The van der Waals surface area contributed by atoms with E-state index in [-0.39, 0.29) is 0 Å². The third-order valence-electron chi connectivity index (χ3n) is 2.79. The number of alkyl halides is 1. The maximum Gasteiger partial charge on any atom is 0.360 e. The van der Waals surface area contributed by atoms with Crippen molar-refractivity contribution in [3.05, 3.63) is 66.2 Å².